The maximum atomic E-state index is 13.8. The highest BCUT2D eigenvalue weighted by Crippen LogP contribution is 2.25. The molecule has 1 saturated heterocycles. The molecule has 4 rings (SSSR count). The topological polar surface area (TPSA) is 90.7 Å². The van der Waals surface area contributed by atoms with E-state index in [9.17, 15) is 18.4 Å². The summed E-state index contributed by atoms with van der Waals surface area (Å²) in [4.78, 5) is 29.1. The molecule has 0 radical (unpaired) electrons. The number of hydrogen-bond donors (Lipinski definition) is 3. The highest BCUT2D eigenvalue weighted by molar-refractivity contribution is 6.00. The Morgan fingerprint density at radius 3 is 2.32 bits per heavy atom. The van der Waals surface area contributed by atoms with Crippen molar-refractivity contribution in [1.82, 2.24) is 10.2 Å². The summed E-state index contributed by atoms with van der Waals surface area (Å²) in [5.74, 6) is -1.13. The zero-order valence-electron chi connectivity index (χ0n) is 18.4. The second-order valence-corrected chi connectivity index (χ2v) is 7.97. The SMILES string of the molecule is Nc1ccc(N2CCN(C(=O)Nc3ccccc3F)CC2)c(C(=O)NCc2ccc(F)cc2)c1. The summed E-state index contributed by atoms with van der Waals surface area (Å²) in [5, 5.41) is 5.44. The first kappa shape index (κ1) is 23.0. The number of halogens is 2. The van der Waals surface area contributed by atoms with Crippen LogP contribution in [-0.2, 0) is 6.54 Å². The van der Waals surface area contributed by atoms with E-state index in [1.807, 2.05) is 4.90 Å². The number of urea groups is 1. The predicted octanol–water partition coefficient (Wildman–Crippen LogP) is 3.83. The third-order valence-electron chi connectivity index (χ3n) is 5.65. The van der Waals surface area contributed by atoms with Crippen LogP contribution >= 0.6 is 0 Å². The number of nitrogens with two attached hydrogens (primary N) is 1. The first-order chi connectivity index (χ1) is 16.4. The lowest BCUT2D eigenvalue weighted by atomic mass is 10.1. The molecule has 1 aliphatic heterocycles. The van der Waals surface area contributed by atoms with E-state index in [4.69, 9.17) is 5.73 Å². The second-order valence-electron chi connectivity index (χ2n) is 7.97. The number of nitrogen functional groups attached to an aromatic ring is 1. The van der Waals surface area contributed by atoms with Gasteiger partial charge in [0.2, 0.25) is 0 Å². The number of carbonyl (C=O) groups excluding carboxylic acids is 2. The molecular weight excluding hydrogens is 440 g/mol. The van der Waals surface area contributed by atoms with Crippen molar-refractivity contribution in [3.05, 3.63) is 89.5 Å². The molecule has 1 aliphatic rings. The lowest BCUT2D eigenvalue weighted by molar-refractivity contribution is 0.0951. The van der Waals surface area contributed by atoms with Gasteiger partial charge in [0, 0.05) is 44.1 Å². The number of rotatable bonds is 5. The van der Waals surface area contributed by atoms with Crippen molar-refractivity contribution in [2.75, 3.05) is 42.1 Å². The molecule has 0 saturated carbocycles. The van der Waals surface area contributed by atoms with Crippen LogP contribution in [0.25, 0.3) is 0 Å². The van der Waals surface area contributed by atoms with Gasteiger partial charge in [0.05, 0.1) is 11.3 Å². The van der Waals surface area contributed by atoms with Gasteiger partial charge in [-0.05, 0) is 48.0 Å². The maximum Gasteiger partial charge on any atom is 0.322 e. The molecule has 0 spiro atoms. The molecule has 34 heavy (non-hydrogen) atoms. The van der Waals surface area contributed by atoms with Crippen molar-refractivity contribution in [2.45, 2.75) is 6.54 Å². The Kier molecular flexibility index (Phi) is 6.91. The van der Waals surface area contributed by atoms with Gasteiger partial charge in [-0.1, -0.05) is 24.3 Å². The van der Waals surface area contributed by atoms with E-state index < -0.39 is 5.82 Å². The molecular formula is C25H25F2N5O2. The molecule has 7 nitrogen and oxygen atoms in total. The van der Waals surface area contributed by atoms with Crippen molar-refractivity contribution in [3.63, 3.8) is 0 Å². The van der Waals surface area contributed by atoms with E-state index in [1.54, 1.807) is 47.4 Å². The molecule has 4 N–H and O–H groups in total. The van der Waals surface area contributed by atoms with Gasteiger partial charge in [0.15, 0.2) is 0 Å². The summed E-state index contributed by atoms with van der Waals surface area (Å²) in [5.41, 5.74) is 8.43. The average molecular weight is 466 g/mol. The molecule has 9 heteroatoms. The van der Waals surface area contributed by atoms with Gasteiger partial charge in [-0.25, -0.2) is 13.6 Å². The number of anilines is 3. The molecule has 3 amide bonds. The Labute approximate surface area is 196 Å². The summed E-state index contributed by atoms with van der Waals surface area (Å²) < 4.78 is 26.9. The molecule has 0 atom stereocenters. The number of para-hydroxylation sites is 1. The van der Waals surface area contributed by atoms with Crippen LogP contribution in [0.5, 0.6) is 0 Å². The van der Waals surface area contributed by atoms with E-state index in [2.05, 4.69) is 10.6 Å². The van der Waals surface area contributed by atoms with E-state index in [1.165, 1.54) is 24.3 Å². The molecule has 176 valence electrons. The van der Waals surface area contributed by atoms with Crippen molar-refractivity contribution in [1.29, 1.82) is 0 Å². The molecule has 0 bridgehead atoms. The molecule has 1 fully saturated rings. The molecule has 1 heterocycles. The van der Waals surface area contributed by atoms with Gasteiger partial charge >= 0.3 is 6.03 Å². The highest BCUT2D eigenvalue weighted by Gasteiger charge is 2.25. The Hall–Kier alpha value is -4.14. The number of piperazine rings is 1. The summed E-state index contributed by atoms with van der Waals surface area (Å²) in [6.07, 6.45) is 0. The van der Waals surface area contributed by atoms with E-state index >= 15 is 0 Å². The van der Waals surface area contributed by atoms with E-state index in [0.29, 0.717) is 43.1 Å². The van der Waals surface area contributed by atoms with Crippen LogP contribution < -0.4 is 21.3 Å². The van der Waals surface area contributed by atoms with Gasteiger partial charge in [-0.2, -0.15) is 0 Å². The van der Waals surface area contributed by atoms with Crippen molar-refractivity contribution < 1.29 is 18.4 Å². The number of hydrogen-bond acceptors (Lipinski definition) is 4. The monoisotopic (exact) mass is 465 g/mol. The second kappa shape index (κ2) is 10.2. The van der Waals surface area contributed by atoms with Gasteiger partial charge in [0.25, 0.3) is 5.91 Å². The van der Waals surface area contributed by atoms with Crippen LogP contribution in [0, 0.1) is 11.6 Å². The smallest absolute Gasteiger partial charge is 0.322 e. The lowest BCUT2D eigenvalue weighted by Crippen LogP contribution is -2.50. The van der Waals surface area contributed by atoms with Gasteiger partial charge in [-0.3, -0.25) is 4.79 Å². The fourth-order valence-electron chi connectivity index (χ4n) is 3.80. The highest BCUT2D eigenvalue weighted by atomic mass is 19.1. The van der Waals surface area contributed by atoms with Gasteiger partial charge in [-0.15, -0.1) is 0 Å². The van der Waals surface area contributed by atoms with Crippen molar-refractivity contribution >= 4 is 29.0 Å². The first-order valence-corrected chi connectivity index (χ1v) is 10.9. The van der Waals surface area contributed by atoms with Crippen LogP contribution in [0.15, 0.2) is 66.7 Å². The molecule has 0 aromatic heterocycles. The first-order valence-electron chi connectivity index (χ1n) is 10.9. The fraction of sp³-hybridized carbons (Fsp3) is 0.200. The normalized spacial score (nSPS) is 13.5. The Morgan fingerprint density at radius 2 is 1.62 bits per heavy atom. The number of nitrogens with zero attached hydrogens (tertiary/aromatic N) is 2. The zero-order chi connectivity index (χ0) is 24.1. The largest absolute Gasteiger partial charge is 0.399 e. The number of nitrogens with one attached hydrogen (secondary N) is 2. The molecule has 0 unspecified atom stereocenters. The maximum absolute atomic E-state index is 13.8. The minimum Gasteiger partial charge on any atom is -0.399 e. The standard InChI is InChI=1S/C25H25F2N5O2/c26-18-7-5-17(6-8-18)16-29-24(33)20-15-19(28)9-10-23(20)31-11-13-32(14-12-31)25(34)30-22-4-2-1-3-21(22)27/h1-10,15H,11-14,16,28H2,(H,29,33)(H,30,34). The molecule has 3 aromatic carbocycles. The van der Waals surface area contributed by atoms with Gasteiger partial charge < -0.3 is 26.2 Å². The van der Waals surface area contributed by atoms with Crippen molar-refractivity contribution in [2.24, 2.45) is 0 Å². The zero-order valence-corrected chi connectivity index (χ0v) is 18.4. The summed E-state index contributed by atoms with van der Waals surface area (Å²) >= 11 is 0. The number of amides is 3. The third-order valence-corrected chi connectivity index (χ3v) is 5.65. The van der Waals surface area contributed by atoms with Gasteiger partial charge in [0.1, 0.15) is 11.6 Å². The summed E-state index contributed by atoms with van der Waals surface area (Å²) in [7, 11) is 0. The minimum atomic E-state index is -0.493. The van der Waals surface area contributed by atoms with Crippen LogP contribution in [0.4, 0.5) is 30.6 Å². The van der Waals surface area contributed by atoms with Crippen molar-refractivity contribution in [3.8, 4) is 0 Å². The fourth-order valence-corrected chi connectivity index (χ4v) is 3.80. The number of carbonyl (C=O) groups is 2. The Morgan fingerprint density at radius 1 is 0.912 bits per heavy atom. The van der Waals surface area contributed by atoms with E-state index in [0.717, 1.165) is 5.56 Å². The van der Waals surface area contributed by atoms with E-state index in [-0.39, 0.29) is 30.0 Å². The Balaban J connectivity index is 1.40. The van der Waals surface area contributed by atoms with Crippen LogP contribution in [0.1, 0.15) is 15.9 Å². The van der Waals surface area contributed by atoms with Crippen LogP contribution in [0.2, 0.25) is 0 Å². The predicted molar refractivity (Wildman–Crippen MR) is 128 cm³/mol. The molecule has 3 aromatic rings. The minimum absolute atomic E-state index is 0.133. The summed E-state index contributed by atoms with van der Waals surface area (Å²) in [6.45, 7) is 2.04. The van der Waals surface area contributed by atoms with Crippen LogP contribution in [-0.4, -0.2) is 43.0 Å². The Bertz CT molecular complexity index is 1180. The molecule has 0 aliphatic carbocycles. The summed E-state index contributed by atoms with van der Waals surface area (Å²) in [6, 6.07) is 16.7. The number of benzene rings is 3. The van der Waals surface area contributed by atoms with Crippen LogP contribution in [0.3, 0.4) is 0 Å². The third kappa shape index (κ3) is 5.43. The lowest BCUT2D eigenvalue weighted by Gasteiger charge is -2.36. The quantitative estimate of drug-likeness (QED) is 0.500. The average Bonchev–Trinajstić information content (AvgIpc) is 2.85.